The van der Waals surface area contributed by atoms with Crippen LogP contribution >= 0.6 is 0 Å². The molecule has 3 aromatic rings. The Labute approximate surface area is 234 Å². The van der Waals surface area contributed by atoms with Gasteiger partial charge in [0.25, 0.3) is 5.91 Å². The number of hydrogen-bond donors (Lipinski definition) is 5. The lowest BCUT2D eigenvalue weighted by Gasteiger charge is -2.24. The average molecular weight is 553 g/mol. The fourth-order valence-corrected chi connectivity index (χ4v) is 3.95. The minimum absolute atomic E-state index is 0.165. The van der Waals surface area contributed by atoms with Gasteiger partial charge in [-0.15, -0.1) is 0 Å². The van der Waals surface area contributed by atoms with Gasteiger partial charge in [-0.05, 0) is 89.8 Å². The lowest BCUT2D eigenvalue weighted by Crippen LogP contribution is -2.46. The number of ether oxygens (including phenoxy) is 2. The molecular formula is C30H40N4O6. The van der Waals surface area contributed by atoms with E-state index in [0.717, 1.165) is 22.0 Å². The number of nitrogens with one attached hydrogen (secondary N) is 4. The van der Waals surface area contributed by atoms with Crippen molar-refractivity contribution in [1.82, 2.24) is 20.9 Å². The average Bonchev–Trinajstić information content (AvgIpc) is 3.26. The highest BCUT2D eigenvalue weighted by atomic mass is 16.6. The Balaban J connectivity index is 1.61. The molecule has 2 aromatic carbocycles. The van der Waals surface area contributed by atoms with Crippen LogP contribution in [0.2, 0.25) is 0 Å². The summed E-state index contributed by atoms with van der Waals surface area (Å²) in [5.41, 5.74) is 1.82. The van der Waals surface area contributed by atoms with Crippen LogP contribution in [0.1, 0.15) is 64.9 Å². The number of aromatic hydroxyl groups is 1. The van der Waals surface area contributed by atoms with E-state index in [9.17, 15) is 19.5 Å². The molecule has 0 aliphatic rings. The molecule has 1 heterocycles. The van der Waals surface area contributed by atoms with Crippen molar-refractivity contribution in [1.29, 1.82) is 0 Å². The lowest BCUT2D eigenvalue weighted by atomic mass is 10.0. The normalized spacial score (nSPS) is 12.4. The SMILES string of the molecule is CC(C)(C)OC(=O)NCCC[C@H](CNC(=O)c1cc2ccc(-c3ccc(O)cc3)cc2[nH]1)NC(=O)OC(C)(C)C. The molecule has 0 radical (unpaired) electrons. The molecule has 40 heavy (non-hydrogen) atoms. The molecule has 1 aromatic heterocycles. The molecule has 10 nitrogen and oxygen atoms in total. The summed E-state index contributed by atoms with van der Waals surface area (Å²) in [5.74, 6) is -0.118. The van der Waals surface area contributed by atoms with Crippen LogP contribution in [0.4, 0.5) is 9.59 Å². The monoisotopic (exact) mass is 552 g/mol. The second kappa shape index (κ2) is 12.8. The first kappa shape index (κ1) is 30.3. The number of fused-ring (bicyclic) bond motifs is 1. The number of amides is 3. The summed E-state index contributed by atoms with van der Waals surface area (Å²) in [6.07, 6.45) is -0.0657. The first-order valence-corrected chi connectivity index (χ1v) is 13.4. The van der Waals surface area contributed by atoms with Gasteiger partial charge >= 0.3 is 12.2 Å². The van der Waals surface area contributed by atoms with E-state index in [2.05, 4.69) is 20.9 Å². The number of rotatable bonds is 9. The van der Waals surface area contributed by atoms with Gasteiger partial charge in [-0.1, -0.05) is 24.3 Å². The number of carbonyl (C=O) groups is 3. The van der Waals surface area contributed by atoms with Gasteiger partial charge in [0.05, 0.1) is 0 Å². The molecule has 10 heteroatoms. The predicted molar refractivity (Wildman–Crippen MR) is 154 cm³/mol. The summed E-state index contributed by atoms with van der Waals surface area (Å²) >= 11 is 0. The predicted octanol–water partition coefficient (Wildman–Crippen LogP) is 5.47. The smallest absolute Gasteiger partial charge is 0.407 e. The van der Waals surface area contributed by atoms with Crippen LogP contribution in [0.15, 0.2) is 48.5 Å². The third-order valence-electron chi connectivity index (χ3n) is 5.70. The summed E-state index contributed by atoms with van der Waals surface area (Å²) in [7, 11) is 0. The molecule has 0 saturated heterocycles. The van der Waals surface area contributed by atoms with Crippen LogP contribution in [0.5, 0.6) is 5.75 Å². The van der Waals surface area contributed by atoms with E-state index in [-0.39, 0.29) is 18.2 Å². The molecule has 3 rings (SSSR count). The lowest BCUT2D eigenvalue weighted by molar-refractivity contribution is 0.0487. The largest absolute Gasteiger partial charge is 0.508 e. The van der Waals surface area contributed by atoms with Crippen molar-refractivity contribution in [2.75, 3.05) is 13.1 Å². The third kappa shape index (κ3) is 9.83. The zero-order valence-electron chi connectivity index (χ0n) is 24.0. The van der Waals surface area contributed by atoms with Crippen molar-refractivity contribution in [2.45, 2.75) is 71.6 Å². The quantitative estimate of drug-likeness (QED) is 0.223. The minimum Gasteiger partial charge on any atom is -0.508 e. The number of benzene rings is 2. The Hall–Kier alpha value is -4.21. The number of aromatic nitrogens is 1. The zero-order chi connectivity index (χ0) is 29.5. The number of hydrogen-bond acceptors (Lipinski definition) is 6. The molecule has 1 atom stereocenters. The molecule has 0 aliphatic heterocycles. The number of alkyl carbamates (subject to hydrolysis) is 2. The molecule has 216 valence electrons. The Bertz CT molecular complexity index is 1320. The van der Waals surface area contributed by atoms with Gasteiger partial charge in [-0.2, -0.15) is 0 Å². The van der Waals surface area contributed by atoms with E-state index in [1.807, 2.05) is 30.3 Å². The van der Waals surface area contributed by atoms with Crippen LogP contribution < -0.4 is 16.0 Å². The van der Waals surface area contributed by atoms with Crippen LogP contribution in [0, 0.1) is 0 Å². The minimum atomic E-state index is -0.667. The van der Waals surface area contributed by atoms with Crippen molar-refractivity contribution in [3.05, 3.63) is 54.2 Å². The molecule has 0 unspecified atom stereocenters. The summed E-state index contributed by atoms with van der Waals surface area (Å²) in [4.78, 5) is 40.5. The summed E-state index contributed by atoms with van der Waals surface area (Å²) < 4.78 is 10.6. The number of phenolic OH excluding ortho intramolecular Hbond substituents is 1. The second-order valence-corrected chi connectivity index (χ2v) is 11.7. The number of carbonyl (C=O) groups excluding carboxylic acids is 3. The van der Waals surface area contributed by atoms with Crippen molar-refractivity contribution in [2.24, 2.45) is 0 Å². The Morgan fingerprint density at radius 3 is 2.12 bits per heavy atom. The molecule has 0 aliphatic carbocycles. The van der Waals surface area contributed by atoms with E-state index < -0.39 is 29.4 Å². The zero-order valence-corrected chi connectivity index (χ0v) is 24.0. The Morgan fingerprint density at radius 1 is 0.850 bits per heavy atom. The topological polar surface area (TPSA) is 142 Å². The Morgan fingerprint density at radius 2 is 1.48 bits per heavy atom. The Kier molecular flexibility index (Phi) is 9.68. The van der Waals surface area contributed by atoms with Gasteiger partial charge in [0.2, 0.25) is 0 Å². The second-order valence-electron chi connectivity index (χ2n) is 11.7. The fraction of sp³-hybridized carbons (Fsp3) is 0.433. The number of aromatic amines is 1. The third-order valence-corrected chi connectivity index (χ3v) is 5.70. The summed E-state index contributed by atoms with van der Waals surface area (Å²) in [5, 5.41) is 18.8. The highest BCUT2D eigenvalue weighted by Gasteiger charge is 2.21. The van der Waals surface area contributed by atoms with Crippen molar-refractivity contribution >= 4 is 29.0 Å². The van der Waals surface area contributed by atoms with Crippen LogP contribution in [0.3, 0.4) is 0 Å². The van der Waals surface area contributed by atoms with Gasteiger partial charge in [-0.3, -0.25) is 4.79 Å². The maximum atomic E-state index is 13.0. The maximum absolute atomic E-state index is 13.0. The molecule has 3 amide bonds. The van der Waals surface area contributed by atoms with Crippen LogP contribution in [-0.2, 0) is 9.47 Å². The van der Waals surface area contributed by atoms with Gasteiger partial charge < -0.3 is 35.5 Å². The number of phenols is 1. The highest BCUT2D eigenvalue weighted by Crippen LogP contribution is 2.26. The molecule has 0 fully saturated rings. The van der Waals surface area contributed by atoms with Crippen molar-refractivity contribution in [3.63, 3.8) is 0 Å². The van der Waals surface area contributed by atoms with E-state index in [1.165, 1.54) is 0 Å². The first-order valence-electron chi connectivity index (χ1n) is 13.4. The summed E-state index contributed by atoms with van der Waals surface area (Å²) in [6.45, 7) is 11.2. The van der Waals surface area contributed by atoms with E-state index in [4.69, 9.17) is 9.47 Å². The molecule has 0 saturated carbocycles. The van der Waals surface area contributed by atoms with Gasteiger partial charge in [0, 0.05) is 30.0 Å². The molecule has 0 spiro atoms. The molecular weight excluding hydrogens is 512 g/mol. The van der Waals surface area contributed by atoms with Gasteiger partial charge in [0.15, 0.2) is 0 Å². The van der Waals surface area contributed by atoms with Crippen LogP contribution in [-0.4, -0.2) is 58.5 Å². The molecule has 5 N–H and O–H groups in total. The van der Waals surface area contributed by atoms with Gasteiger partial charge in [0.1, 0.15) is 22.6 Å². The first-order chi connectivity index (χ1) is 18.7. The van der Waals surface area contributed by atoms with E-state index >= 15 is 0 Å². The van der Waals surface area contributed by atoms with E-state index in [0.29, 0.717) is 25.1 Å². The fourth-order valence-electron chi connectivity index (χ4n) is 3.95. The maximum Gasteiger partial charge on any atom is 0.407 e. The van der Waals surface area contributed by atoms with E-state index in [1.54, 1.807) is 59.7 Å². The molecule has 0 bridgehead atoms. The van der Waals surface area contributed by atoms with Crippen molar-refractivity contribution < 1.29 is 29.0 Å². The standard InChI is InChI=1S/C30H40N4O6/c1-29(2,3)39-27(37)31-15-7-8-22(33-28(38)40-30(4,5)6)18-32-26(36)25-17-21-10-9-20(16-24(21)34-25)19-11-13-23(35)14-12-19/h9-14,16-17,22,34-35H,7-8,15,18H2,1-6H3,(H,31,37)(H,32,36)(H,33,38)/t22-/m1/s1. The highest BCUT2D eigenvalue weighted by molar-refractivity contribution is 5.98. The summed E-state index contributed by atoms with van der Waals surface area (Å²) in [6, 6.07) is 14.1. The van der Waals surface area contributed by atoms with Crippen molar-refractivity contribution in [3.8, 4) is 16.9 Å². The van der Waals surface area contributed by atoms with Crippen LogP contribution in [0.25, 0.3) is 22.0 Å². The van der Waals surface area contributed by atoms with Gasteiger partial charge in [-0.25, -0.2) is 9.59 Å². The number of H-pyrrole nitrogens is 1.